The first-order chi connectivity index (χ1) is 6.83. The van der Waals surface area contributed by atoms with Gasteiger partial charge in [-0.15, -0.1) is 0 Å². The molecule has 5 heteroatoms. The van der Waals surface area contributed by atoms with Crippen LogP contribution in [-0.2, 0) is 9.53 Å². The third kappa shape index (κ3) is 4.21. The summed E-state index contributed by atoms with van der Waals surface area (Å²) in [5, 5.41) is 13.4. The zero-order chi connectivity index (χ0) is 10.2. The summed E-state index contributed by atoms with van der Waals surface area (Å²) in [5.74, 6) is -0.276. The molecule has 0 atom stereocenters. The smallest absolute Gasteiger partial charge is 0.235 e. The summed E-state index contributed by atoms with van der Waals surface area (Å²) in [6.45, 7) is 2.36. The minimum Gasteiger partial charge on any atom is -0.378 e. The summed E-state index contributed by atoms with van der Waals surface area (Å²) in [6, 6.07) is 0. The zero-order valence-corrected chi connectivity index (χ0v) is 8.08. The van der Waals surface area contributed by atoms with E-state index in [2.05, 4.69) is 10.6 Å². The van der Waals surface area contributed by atoms with Crippen molar-refractivity contribution < 1.29 is 9.53 Å². The van der Waals surface area contributed by atoms with Gasteiger partial charge in [0.25, 0.3) is 0 Å². The Hall–Kier alpha value is -1.12. The number of hydrogen-bond acceptors (Lipinski definition) is 4. The van der Waals surface area contributed by atoms with Gasteiger partial charge in [0.2, 0.25) is 5.91 Å². The fraction of sp³-hybridized carbons (Fsp3) is 0.778. The topological polar surface area (TPSA) is 74.2 Å². The monoisotopic (exact) mass is 197 g/mol. The lowest BCUT2D eigenvalue weighted by Gasteiger charge is -2.22. The first kappa shape index (κ1) is 11.0. The fourth-order valence-corrected chi connectivity index (χ4v) is 1.41. The molecule has 0 radical (unpaired) electrons. The third-order valence-corrected chi connectivity index (χ3v) is 2.16. The van der Waals surface area contributed by atoms with Crippen LogP contribution < -0.4 is 10.6 Å². The van der Waals surface area contributed by atoms with E-state index >= 15 is 0 Å². The number of ether oxygens (including phenoxy) is 1. The van der Waals surface area contributed by atoms with Crippen molar-refractivity contribution in [3.05, 3.63) is 0 Å². The molecule has 0 aromatic heterocycles. The Bertz CT molecular complexity index is 219. The molecular formula is C9H15N3O2. The molecule has 0 aliphatic carbocycles. The largest absolute Gasteiger partial charge is 0.378 e. The average Bonchev–Trinajstić information content (AvgIpc) is 2.20. The zero-order valence-electron chi connectivity index (χ0n) is 8.08. The standard InChI is InChI=1S/C9H15N3O2/c10-7-12-9(13)3-6-14-8-1-4-11-5-2-8/h8,11H,1-6H2,(H,12,13). The molecule has 1 heterocycles. The Morgan fingerprint density at radius 2 is 2.29 bits per heavy atom. The van der Waals surface area contributed by atoms with Crippen LogP contribution in [0.5, 0.6) is 0 Å². The normalized spacial score (nSPS) is 17.4. The number of carbonyl (C=O) groups is 1. The molecule has 1 aliphatic rings. The lowest BCUT2D eigenvalue weighted by molar-refractivity contribution is -0.121. The minimum absolute atomic E-state index is 0.261. The lowest BCUT2D eigenvalue weighted by Crippen LogP contribution is -2.33. The molecule has 1 saturated heterocycles. The number of hydrogen-bond donors (Lipinski definition) is 2. The molecule has 0 aromatic rings. The second-order valence-corrected chi connectivity index (χ2v) is 3.23. The van der Waals surface area contributed by atoms with Crippen LogP contribution in [0.15, 0.2) is 0 Å². The molecule has 1 rings (SSSR count). The van der Waals surface area contributed by atoms with Gasteiger partial charge >= 0.3 is 0 Å². The molecule has 0 aromatic carbocycles. The van der Waals surface area contributed by atoms with E-state index in [1.807, 2.05) is 0 Å². The second kappa shape index (κ2) is 6.35. The number of amides is 1. The fourth-order valence-electron chi connectivity index (χ4n) is 1.41. The molecular weight excluding hydrogens is 182 g/mol. The van der Waals surface area contributed by atoms with Gasteiger partial charge in [0, 0.05) is 0 Å². The first-order valence-electron chi connectivity index (χ1n) is 4.83. The summed E-state index contributed by atoms with van der Waals surface area (Å²) in [5.41, 5.74) is 0. The van der Waals surface area contributed by atoms with Crippen LogP contribution in [0.4, 0.5) is 0 Å². The van der Waals surface area contributed by atoms with E-state index in [1.165, 1.54) is 0 Å². The Labute approximate surface area is 83.4 Å². The van der Waals surface area contributed by atoms with Gasteiger partial charge in [-0.3, -0.25) is 10.1 Å². The van der Waals surface area contributed by atoms with Gasteiger partial charge in [0.1, 0.15) is 0 Å². The molecule has 1 amide bonds. The Morgan fingerprint density at radius 1 is 1.57 bits per heavy atom. The van der Waals surface area contributed by atoms with Crippen LogP contribution in [0.2, 0.25) is 0 Å². The maximum Gasteiger partial charge on any atom is 0.235 e. The van der Waals surface area contributed by atoms with Crippen molar-refractivity contribution in [2.24, 2.45) is 0 Å². The number of carbonyl (C=O) groups excluding carboxylic acids is 1. The van der Waals surface area contributed by atoms with Crippen LogP contribution in [0, 0.1) is 11.5 Å². The predicted molar refractivity (Wildman–Crippen MR) is 50.2 cm³/mol. The van der Waals surface area contributed by atoms with Crippen molar-refractivity contribution in [3.63, 3.8) is 0 Å². The molecule has 1 fully saturated rings. The quantitative estimate of drug-likeness (QED) is 0.481. The van der Waals surface area contributed by atoms with Crippen LogP contribution in [0.25, 0.3) is 0 Å². The Kier molecular flexibility index (Phi) is 4.97. The molecule has 78 valence electrons. The van der Waals surface area contributed by atoms with Gasteiger partial charge in [-0.25, -0.2) is 0 Å². The first-order valence-corrected chi connectivity index (χ1v) is 4.83. The molecule has 2 N–H and O–H groups in total. The van der Waals surface area contributed by atoms with Gasteiger partial charge in [-0.05, 0) is 25.9 Å². The van der Waals surface area contributed by atoms with E-state index in [4.69, 9.17) is 10.00 Å². The van der Waals surface area contributed by atoms with Gasteiger partial charge in [0.05, 0.1) is 19.1 Å². The SMILES string of the molecule is N#CNC(=O)CCOC1CCNCC1. The summed E-state index contributed by atoms with van der Waals surface area (Å²) in [6.07, 6.45) is 4.12. The van der Waals surface area contributed by atoms with E-state index in [1.54, 1.807) is 6.19 Å². The van der Waals surface area contributed by atoms with E-state index < -0.39 is 0 Å². The van der Waals surface area contributed by atoms with Crippen LogP contribution in [0.1, 0.15) is 19.3 Å². The minimum atomic E-state index is -0.276. The highest BCUT2D eigenvalue weighted by Crippen LogP contribution is 2.07. The van der Waals surface area contributed by atoms with E-state index in [9.17, 15) is 4.79 Å². The highest BCUT2D eigenvalue weighted by molar-refractivity contribution is 5.77. The third-order valence-electron chi connectivity index (χ3n) is 2.16. The highest BCUT2D eigenvalue weighted by atomic mass is 16.5. The molecule has 1 aliphatic heterocycles. The van der Waals surface area contributed by atoms with Gasteiger partial charge in [-0.1, -0.05) is 0 Å². The Balaban J connectivity index is 2.03. The number of piperidine rings is 1. The van der Waals surface area contributed by atoms with Crippen molar-refractivity contribution in [2.45, 2.75) is 25.4 Å². The highest BCUT2D eigenvalue weighted by Gasteiger charge is 2.13. The number of rotatable bonds is 4. The van der Waals surface area contributed by atoms with Gasteiger partial charge in [-0.2, -0.15) is 5.26 Å². The molecule has 5 nitrogen and oxygen atoms in total. The maximum absolute atomic E-state index is 10.9. The van der Waals surface area contributed by atoms with E-state index in [0.717, 1.165) is 25.9 Å². The van der Waals surface area contributed by atoms with E-state index in [-0.39, 0.29) is 18.4 Å². The van der Waals surface area contributed by atoms with Crippen LogP contribution in [-0.4, -0.2) is 31.7 Å². The Morgan fingerprint density at radius 3 is 2.93 bits per heavy atom. The average molecular weight is 197 g/mol. The molecule has 0 bridgehead atoms. The number of nitrogens with one attached hydrogen (secondary N) is 2. The molecule has 0 unspecified atom stereocenters. The molecule has 0 saturated carbocycles. The predicted octanol–water partition coefficient (Wildman–Crippen LogP) is -0.258. The summed E-state index contributed by atoms with van der Waals surface area (Å²) in [7, 11) is 0. The van der Waals surface area contributed by atoms with Crippen molar-refractivity contribution in [1.82, 2.24) is 10.6 Å². The lowest BCUT2D eigenvalue weighted by atomic mass is 10.1. The van der Waals surface area contributed by atoms with Crippen molar-refractivity contribution in [2.75, 3.05) is 19.7 Å². The van der Waals surface area contributed by atoms with Crippen LogP contribution >= 0.6 is 0 Å². The van der Waals surface area contributed by atoms with Crippen molar-refractivity contribution in [3.8, 4) is 6.19 Å². The summed E-state index contributed by atoms with van der Waals surface area (Å²) in [4.78, 5) is 10.9. The van der Waals surface area contributed by atoms with Crippen LogP contribution in [0.3, 0.4) is 0 Å². The summed E-state index contributed by atoms with van der Waals surface area (Å²) >= 11 is 0. The summed E-state index contributed by atoms with van der Waals surface area (Å²) < 4.78 is 5.49. The van der Waals surface area contributed by atoms with Gasteiger partial charge < -0.3 is 10.1 Å². The molecule has 0 spiro atoms. The van der Waals surface area contributed by atoms with Gasteiger partial charge in [0.15, 0.2) is 6.19 Å². The van der Waals surface area contributed by atoms with E-state index in [0.29, 0.717) is 6.61 Å². The van der Waals surface area contributed by atoms with Crippen molar-refractivity contribution >= 4 is 5.91 Å². The maximum atomic E-state index is 10.9. The second-order valence-electron chi connectivity index (χ2n) is 3.23. The number of nitriles is 1. The molecule has 14 heavy (non-hydrogen) atoms. The van der Waals surface area contributed by atoms with Crippen molar-refractivity contribution in [1.29, 1.82) is 5.26 Å². The number of nitrogens with zero attached hydrogens (tertiary/aromatic N) is 1.